The first-order valence-corrected chi connectivity index (χ1v) is 12.5. The fourth-order valence-corrected chi connectivity index (χ4v) is 4.70. The van der Waals surface area contributed by atoms with Crippen LogP contribution in [0.2, 0.25) is 5.02 Å². The van der Waals surface area contributed by atoms with E-state index in [4.69, 9.17) is 31.2 Å². The van der Waals surface area contributed by atoms with Gasteiger partial charge in [-0.15, -0.1) is 0 Å². The van der Waals surface area contributed by atoms with Gasteiger partial charge in [0.2, 0.25) is 5.17 Å². The van der Waals surface area contributed by atoms with E-state index in [1.54, 1.807) is 36.4 Å². The van der Waals surface area contributed by atoms with Crippen molar-refractivity contribution in [3.8, 4) is 17.2 Å². The maximum Gasteiger partial charge on any atom is 0.283 e. The Hall–Kier alpha value is -4.08. The third-order valence-corrected chi connectivity index (χ3v) is 6.68. The molecule has 0 unspecified atom stereocenters. The molecule has 1 amide bonds. The first kappa shape index (κ1) is 24.6. The highest BCUT2D eigenvalue weighted by Crippen LogP contribution is 2.33. The molecule has 0 spiro atoms. The fraction of sp³-hybridized carbons (Fsp3) is 0.111. The quantitative estimate of drug-likeness (QED) is 0.305. The zero-order valence-corrected chi connectivity index (χ0v) is 21.3. The number of amidine groups is 2. The standard InChI is InChI=1S/C27H21ClN4O4S/c1-34-23-16-17(11-12-22(23)36-14-13-35-21-10-6-5-9-20(21)28)15-19-24(29)32-27(30-25(19)33)37-26(31-32)18-7-3-2-4-8-18/h2-12,15-16,29H,13-14H2,1H3. The number of carbonyl (C=O) groups excluding carboxylic acids is 1. The number of methoxy groups -OCH3 is 1. The lowest BCUT2D eigenvalue weighted by Crippen LogP contribution is -2.35. The van der Waals surface area contributed by atoms with Gasteiger partial charge in [-0.25, -0.2) is 0 Å². The Balaban J connectivity index is 1.29. The molecule has 186 valence electrons. The molecule has 0 fully saturated rings. The van der Waals surface area contributed by atoms with Crippen molar-refractivity contribution < 1.29 is 19.0 Å². The van der Waals surface area contributed by atoms with E-state index in [0.29, 0.717) is 44.7 Å². The number of carbonyl (C=O) groups is 1. The van der Waals surface area contributed by atoms with Crippen LogP contribution < -0.4 is 14.2 Å². The molecule has 5 rings (SSSR count). The Morgan fingerprint density at radius 3 is 2.46 bits per heavy atom. The number of aliphatic imine (C=N–C) groups is 1. The van der Waals surface area contributed by atoms with Crippen molar-refractivity contribution in [2.45, 2.75) is 0 Å². The molecule has 1 N–H and O–H groups in total. The van der Waals surface area contributed by atoms with Gasteiger partial charge >= 0.3 is 0 Å². The zero-order valence-electron chi connectivity index (χ0n) is 19.7. The van der Waals surface area contributed by atoms with Gasteiger partial charge in [-0.1, -0.05) is 60.1 Å². The molecule has 0 aliphatic carbocycles. The van der Waals surface area contributed by atoms with Crippen molar-refractivity contribution in [3.05, 3.63) is 94.5 Å². The number of hydrazone groups is 1. The van der Waals surface area contributed by atoms with Crippen molar-refractivity contribution >= 4 is 51.4 Å². The van der Waals surface area contributed by atoms with Gasteiger partial charge in [0.05, 0.1) is 17.7 Å². The molecular formula is C27H21ClN4O4S. The summed E-state index contributed by atoms with van der Waals surface area (Å²) in [5.74, 6) is 1.05. The van der Waals surface area contributed by atoms with Crippen molar-refractivity contribution in [1.29, 1.82) is 5.41 Å². The van der Waals surface area contributed by atoms with Gasteiger partial charge in [0.15, 0.2) is 17.3 Å². The molecule has 2 aliphatic heterocycles. The predicted molar refractivity (Wildman–Crippen MR) is 146 cm³/mol. The van der Waals surface area contributed by atoms with Crippen molar-refractivity contribution in [3.63, 3.8) is 0 Å². The van der Waals surface area contributed by atoms with Gasteiger partial charge in [0.1, 0.15) is 24.0 Å². The van der Waals surface area contributed by atoms with Crippen LogP contribution >= 0.6 is 23.4 Å². The van der Waals surface area contributed by atoms with Crippen molar-refractivity contribution in [2.75, 3.05) is 20.3 Å². The van der Waals surface area contributed by atoms with Crippen LogP contribution in [-0.2, 0) is 4.79 Å². The highest BCUT2D eigenvalue weighted by atomic mass is 35.5. The molecule has 8 nitrogen and oxygen atoms in total. The van der Waals surface area contributed by atoms with Crippen LogP contribution in [0.1, 0.15) is 11.1 Å². The minimum Gasteiger partial charge on any atom is -0.493 e. The van der Waals surface area contributed by atoms with E-state index in [0.717, 1.165) is 5.56 Å². The topological polar surface area (TPSA) is 96.6 Å². The van der Waals surface area contributed by atoms with E-state index in [1.165, 1.54) is 23.9 Å². The predicted octanol–water partition coefficient (Wildman–Crippen LogP) is 5.47. The second kappa shape index (κ2) is 10.9. The normalized spacial score (nSPS) is 15.8. The number of ether oxygens (including phenoxy) is 3. The van der Waals surface area contributed by atoms with Gasteiger partial charge in [-0.3, -0.25) is 10.2 Å². The van der Waals surface area contributed by atoms with Crippen LogP contribution in [0.4, 0.5) is 0 Å². The summed E-state index contributed by atoms with van der Waals surface area (Å²) in [5, 5.41) is 16.1. The van der Waals surface area contributed by atoms with Crippen molar-refractivity contribution in [2.24, 2.45) is 10.1 Å². The Kier molecular flexibility index (Phi) is 7.25. The molecule has 37 heavy (non-hydrogen) atoms. The van der Waals surface area contributed by atoms with Crippen LogP contribution in [-0.4, -0.2) is 47.3 Å². The van der Waals surface area contributed by atoms with Gasteiger partial charge in [-0.05, 0) is 47.7 Å². The first-order valence-electron chi connectivity index (χ1n) is 11.3. The summed E-state index contributed by atoms with van der Waals surface area (Å²) in [4.78, 5) is 16.9. The number of para-hydroxylation sites is 1. The molecular weight excluding hydrogens is 512 g/mol. The summed E-state index contributed by atoms with van der Waals surface area (Å²) < 4.78 is 16.9. The molecule has 0 bridgehead atoms. The summed E-state index contributed by atoms with van der Waals surface area (Å²) in [7, 11) is 1.53. The number of nitrogens with one attached hydrogen (secondary N) is 1. The number of hydrogen-bond acceptors (Lipinski definition) is 7. The van der Waals surface area contributed by atoms with Crippen LogP contribution in [0, 0.1) is 5.41 Å². The Labute approximate surface area is 222 Å². The second-order valence-corrected chi connectivity index (χ2v) is 9.19. The number of thioether (sulfide) groups is 1. The van der Waals surface area contributed by atoms with E-state index >= 15 is 0 Å². The maximum atomic E-state index is 12.8. The Morgan fingerprint density at radius 1 is 0.973 bits per heavy atom. The molecule has 3 aromatic rings. The lowest BCUT2D eigenvalue weighted by Gasteiger charge is -2.20. The Morgan fingerprint density at radius 2 is 1.70 bits per heavy atom. The highest BCUT2D eigenvalue weighted by Gasteiger charge is 2.36. The zero-order chi connectivity index (χ0) is 25.8. The molecule has 2 aliphatic rings. The van der Waals surface area contributed by atoms with E-state index in [2.05, 4.69) is 10.1 Å². The third-order valence-electron chi connectivity index (χ3n) is 5.41. The van der Waals surface area contributed by atoms with E-state index in [1.807, 2.05) is 42.5 Å². The van der Waals surface area contributed by atoms with Crippen LogP contribution in [0.5, 0.6) is 17.2 Å². The maximum absolute atomic E-state index is 12.8. The van der Waals surface area contributed by atoms with Gasteiger partial charge < -0.3 is 14.2 Å². The molecule has 2 heterocycles. The van der Waals surface area contributed by atoms with Gasteiger partial charge in [-0.2, -0.15) is 15.1 Å². The average molecular weight is 533 g/mol. The SMILES string of the molecule is COc1cc(C=C2C(=N)N3N=C(c4ccccc4)SC3=NC2=O)ccc1OCCOc1ccccc1Cl. The van der Waals surface area contributed by atoms with Gasteiger partial charge in [0.25, 0.3) is 5.91 Å². The molecule has 0 atom stereocenters. The van der Waals surface area contributed by atoms with E-state index in [9.17, 15) is 4.79 Å². The summed E-state index contributed by atoms with van der Waals surface area (Å²) in [6, 6.07) is 22.1. The van der Waals surface area contributed by atoms with E-state index < -0.39 is 5.91 Å². The molecule has 10 heteroatoms. The van der Waals surface area contributed by atoms with Crippen LogP contribution in [0.3, 0.4) is 0 Å². The number of fused-ring (bicyclic) bond motifs is 1. The number of hydrogen-bond donors (Lipinski definition) is 1. The molecule has 3 aromatic carbocycles. The minimum absolute atomic E-state index is 0.0375. The lowest BCUT2D eigenvalue weighted by atomic mass is 10.1. The first-order chi connectivity index (χ1) is 18.0. The largest absolute Gasteiger partial charge is 0.493 e. The summed E-state index contributed by atoms with van der Waals surface area (Å²) >= 11 is 7.36. The van der Waals surface area contributed by atoms with Crippen molar-refractivity contribution in [1.82, 2.24) is 5.01 Å². The average Bonchev–Trinajstić information content (AvgIpc) is 3.35. The van der Waals surface area contributed by atoms with Crippen LogP contribution in [0.15, 0.2) is 88.5 Å². The number of amides is 1. The summed E-state index contributed by atoms with van der Waals surface area (Å²) in [5.41, 5.74) is 1.68. The smallest absolute Gasteiger partial charge is 0.283 e. The Bertz CT molecular complexity index is 1460. The molecule has 0 radical (unpaired) electrons. The molecule has 0 aromatic heterocycles. The van der Waals surface area contributed by atoms with Gasteiger partial charge in [0, 0.05) is 5.56 Å². The fourth-order valence-electron chi connectivity index (χ4n) is 3.61. The second-order valence-electron chi connectivity index (χ2n) is 7.83. The molecule has 0 saturated carbocycles. The number of rotatable bonds is 8. The van der Waals surface area contributed by atoms with Crippen LogP contribution in [0.25, 0.3) is 6.08 Å². The number of benzene rings is 3. The monoisotopic (exact) mass is 532 g/mol. The summed E-state index contributed by atoms with van der Waals surface area (Å²) in [6.45, 7) is 0.570. The highest BCUT2D eigenvalue weighted by molar-refractivity contribution is 8.27. The molecule has 0 saturated heterocycles. The van der Waals surface area contributed by atoms with E-state index in [-0.39, 0.29) is 18.0 Å². The minimum atomic E-state index is -0.496. The number of halogens is 1. The third kappa shape index (κ3) is 5.37. The lowest BCUT2D eigenvalue weighted by molar-refractivity contribution is -0.114. The summed E-state index contributed by atoms with van der Waals surface area (Å²) in [6.07, 6.45) is 1.60. The number of nitrogens with zero attached hydrogens (tertiary/aromatic N) is 3.